The highest BCUT2D eigenvalue weighted by Crippen LogP contribution is 2.21. The van der Waals surface area contributed by atoms with Crippen molar-refractivity contribution in [3.8, 4) is 11.4 Å². The average molecular weight is 315 g/mol. The molecule has 0 bridgehead atoms. The Balaban J connectivity index is 1.53. The number of hydrogen-bond acceptors (Lipinski definition) is 6. The number of rotatable bonds is 5. The highest BCUT2D eigenvalue weighted by atomic mass is 16.5. The molecule has 122 valence electrons. The fourth-order valence-corrected chi connectivity index (χ4v) is 2.80. The molecule has 2 heterocycles. The smallest absolute Gasteiger partial charge is 0.309 e. The molecule has 3 rings (SSSR count). The first kappa shape index (κ1) is 15.7. The van der Waals surface area contributed by atoms with Crippen LogP contribution in [0.1, 0.15) is 25.7 Å². The van der Waals surface area contributed by atoms with E-state index in [0.29, 0.717) is 24.9 Å². The van der Waals surface area contributed by atoms with Crippen molar-refractivity contribution in [1.82, 2.24) is 15.0 Å². The van der Waals surface area contributed by atoms with Crippen molar-refractivity contribution in [3.05, 3.63) is 36.2 Å². The number of nitrogens with zero attached hydrogens (tertiary/aromatic N) is 3. The van der Waals surface area contributed by atoms with E-state index in [-0.39, 0.29) is 11.9 Å². The van der Waals surface area contributed by atoms with Crippen LogP contribution in [0.2, 0.25) is 0 Å². The molecule has 0 saturated carbocycles. The molecule has 1 saturated heterocycles. The molecule has 0 amide bonds. The van der Waals surface area contributed by atoms with Crippen LogP contribution < -0.4 is 0 Å². The summed E-state index contributed by atoms with van der Waals surface area (Å²) in [6, 6.07) is 9.77. The zero-order valence-electron chi connectivity index (χ0n) is 13.3. The number of esters is 1. The fourth-order valence-electron chi connectivity index (χ4n) is 2.80. The summed E-state index contributed by atoms with van der Waals surface area (Å²) in [7, 11) is 0. The number of aromatic nitrogens is 2. The van der Waals surface area contributed by atoms with E-state index in [0.717, 1.165) is 31.5 Å². The van der Waals surface area contributed by atoms with Crippen LogP contribution in [0.25, 0.3) is 11.4 Å². The quantitative estimate of drug-likeness (QED) is 0.790. The minimum Gasteiger partial charge on any atom is -0.466 e. The molecule has 6 nitrogen and oxygen atoms in total. The molecule has 1 aliphatic rings. The van der Waals surface area contributed by atoms with Gasteiger partial charge in [0.25, 0.3) is 0 Å². The van der Waals surface area contributed by atoms with E-state index in [1.165, 1.54) is 0 Å². The number of carbonyl (C=O) groups excluding carboxylic acids is 1. The summed E-state index contributed by atoms with van der Waals surface area (Å²) in [6.45, 7) is 4.59. The van der Waals surface area contributed by atoms with Crippen LogP contribution >= 0.6 is 0 Å². The predicted molar refractivity (Wildman–Crippen MR) is 84.4 cm³/mol. The minimum absolute atomic E-state index is 0.0220. The Labute approximate surface area is 135 Å². The number of likely N-dealkylation sites (tertiary alicyclic amines) is 1. The van der Waals surface area contributed by atoms with Gasteiger partial charge in [-0.3, -0.25) is 9.69 Å². The summed E-state index contributed by atoms with van der Waals surface area (Å²) >= 11 is 0. The van der Waals surface area contributed by atoms with Crippen LogP contribution in [-0.4, -0.2) is 40.7 Å². The SMILES string of the molecule is CCOC(=O)C1CCN(Cc2nc(-c3ccccc3)no2)CC1. The lowest BCUT2D eigenvalue weighted by Gasteiger charge is -2.29. The molecule has 1 aromatic heterocycles. The van der Waals surface area contributed by atoms with Gasteiger partial charge >= 0.3 is 5.97 Å². The van der Waals surface area contributed by atoms with Gasteiger partial charge in [0.1, 0.15) is 0 Å². The van der Waals surface area contributed by atoms with Crippen LogP contribution in [0.15, 0.2) is 34.9 Å². The first-order valence-corrected chi connectivity index (χ1v) is 8.03. The van der Waals surface area contributed by atoms with Crippen molar-refractivity contribution in [2.24, 2.45) is 5.92 Å². The van der Waals surface area contributed by atoms with Gasteiger partial charge in [-0.25, -0.2) is 0 Å². The molecular weight excluding hydrogens is 294 g/mol. The third-order valence-corrected chi connectivity index (χ3v) is 4.07. The van der Waals surface area contributed by atoms with Crippen molar-refractivity contribution in [3.63, 3.8) is 0 Å². The molecule has 0 atom stereocenters. The van der Waals surface area contributed by atoms with E-state index in [1.54, 1.807) is 0 Å². The first-order valence-electron chi connectivity index (χ1n) is 8.03. The Hall–Kier alpha value is -2.21. The van der Waals surface area contributed by atoms with Crippen molar-refractivity contribution in [2.45, 2.75) is 26.3 Å². The molecule has 2 aromatic rings. The standard InChI is InChI=1S/C17H21N3O3/c1-2-22-17(21)14-8-10-20(11-9-14)12-15-18-16(19-23-15)13-6-4-3-5-7-13/h3-7,14H,2,8-12H2,1H3. The molecular formula is C17H21N3O3. The average Bonchev–Trinajstić information content (AvgIpc) is 3.05. The van der Waals surface area contributed by atoms with Crippen molar-refractivity contribution >= 4 is 5.97 Å². The third kappa shape index (κ3) is 3.96. The van der Waals surface area contributed by atoms with E-state index in [2.05, 4.69) is 15.0 Å². The Bertz CT molecular complexity index is 634. The van der Waals surface area contributed by atoms with E-state index in [9.17, 15) is 4.79 Å². The highest BCUT2D eigenvalue weighted by Gasteiger charge is 2.26. The second-order valence-corrected chi connectivity index (χ2v) is 5.68. The molecule has 0 spiro atoms. The predicted octanol–water partition coefficient (Wildman–Crippen LogP) is 2.51. The largest absolute Gasteiger partial charge is 0.466 e. The zero-order valence-corrected chi connectivity index (χ0v) is 13.3. The van der Waals surface area contributed by atoms with Crippen LogP contribution in [0.5, 0.6) is 0 Å². The van der Waals surface area contributed by atoms with Crippen molar-refractivity contribution in [2.75, 3.05) is 19.7 Å². The zero-order chi connectivity index (χ0) is 16.1. The Morgan fingerprint density at radius 2 is 2.04 bits per heavy atom. The minimum atomic E-state index is -0.0729. The maximum atomic E-state index is 11.7. The fraction of sp³-hybridized carbons (Fsp3) is 0.471. The maximum absolute atomic E-state index is 11.7. The number of carbonyl (C=O) groups is 1. The van der Waals surface area contributed by atoms with E-state index < -0.39 is 0 Å². The third-order valence-electron chi connectivity index (χ3n) is 4.07. The summed E-state index contributed by atoms with van der Waals surface area (Å²) in [6.07, 6.45) is 1.64. The molecule has 1 aromatic carbocycles. The van der Waals surface area contributed by atoms with E-state index in [4.69, 9.17) is 9.26 Å². The molecule has 1 fully saturated rings. The van der Waals surface area contributed by atoms with Gasteiger partial charge in [0.2, 0.25) is 11.7 Å². The van der Waals surface area contributed by atoms with Crippen molar-refractivity contribution < 1.29 is 14.1 Å². The van der Waals surface area contributed by atoms with Gasteiger partial charge in [-0.2, -0.15) is 4.98 Å². The van der Waals surface area contributed by atoms with Gasteiger partial charge in [0.05, 0.1) is 19.1 Å². The van der Waals surface area contributed by atoms with E-state index in [1.807, 2.05) is 37.3 Å². The molecule has 1 aliphatic heterocycles. The molecule has 0 radical (unpaired) electrons. The van der Waals surface area contributed by atoms with Gasteiger partial charge in [-0.15, -0.1) is 0 Å². The highest BCUT2D eigenvalue weighted by molar-refractivity contribution is 5.72. The van der Waals surface area contributed by atoms with Crippen LogP contribution in [-0.2, 0) is 16.1 Å². The normalized spacial score (nSPS) is 16.4. The summed E-state index contributed by atoms with van der Waals surface area (Å²) in [5.41, 5.74) is 0.948. The molecule has 6 heteroatoms. The van der Waals surface area contributed by atoms with Gasteiger partial charge in [-0.1, -0.05) is 35.5 Å². The molecule has 0 N–H and O–H groups in total. The monoisotopic (exact) mass is 315 g/mol. The Morgan fingerprint density at radius 1 is 1.30 bits per heavy atom. The maximum Gasteiger partial charge on any atom is 0.309 e. The molecule has 23 heavy (non-hydrogen) atoms. The number of hydrogen-bond donors (Lipinski definition) is 0. The van der Waals surface area contributed by atoms with Gasteiger partial charge in [-0.05, 0) is 32.9 Å². The molecule has 0 aliphatic carbocycles. The summed E-state index contributed by atoms with van der Waals surface area (Å²) in [5, 5.41) is 4.03. The lowest BCUT2D eigenvalue weighted by atomic mass is 9.97. The second kappa shape index (κ2) is 7.37. The number of ether oxygens (including phenoxy) is 1. The lowest BCUT2D eigenvalue weighted by Crippen LogP contribution is -2.36. The van der Waals surface area contributed by atoms with Gasteiger partial charge in [0, 0.05) is 5.56 Å². The second-order valence-electron chi connectivity index (χ2n) is 5.68. The van der Waals surface area contributed by atoms with Gasteiger partial charge < -0.3 is 9.26 Å². The first-order chi connectivity index (χ1) is 11.3. The van der Waals surface area contributed by atoms with E-state index >= 15 is 0 Å². The van der Waals surface area contributed by atoms with Gasteiger partial charge in [0.15, 0.2) is 0 Å². The topological polar surface area (TPSA) is 68.5 Å². The summed E-state index contributed by atoms with van der Waals surface area (Å²) < 4.78 is 10.4. The van der Waals surface area contributed by atoms with Crippen molar-refractivity contribution in [1.29, 1.82) is 0 Å². The Morgan fingerprint density at radius 3 is 2.74 bits per heavy atom. The van der Waals surface area contributed by atoms with Crippen LogP contribution in [0, 0.1) is 5.92 Å². The lowest BCUT2D eigenvalue weighted by molar-refractivity contribution is -0.149. The van der Waals surface area contributed by atoms with Crippen LogP contribution in [0.4, 0.5) is 0 Å². The summed E-state index contributed by atoms with van der Waals surface area (Å²) in [5.74, 6) is 1.17. The number of benzene rings is 1. The summed E-state index contributed by atoms with van der Waals surface area (Å²) in [4.78, 5) is 18.4. The molecule has 0 unspecified atom stereocenters. The van der Waals surface area contributed by atoms with Crippen LogP contribution in [0.3, 0.4) is 0 Å². The Kier molecular flexibility index (Phi) is 5.02. The number of piperidine rings is 1.